The van der Waals surface area contributed by atoms with Crippen LogP contribution in [0.15, 0.2) is 66.2 Å². The first kappa shape index (κ1) is 24.8. The van der Waals surface area contributed by atoms with Crippen molar-refractivity contribution >= 4 is 23.9 Å². The second kappa shape index (κ2) is 11.3. The lowest BCUT2D eigenvalue weighted by Crippen LogP contribution is -2.43. The Balaban J connectivity index is 1.64. The van der Waals surface area contributed by atoms with Crippen LogP contribution in [0.2, 0.25) is 0 Å². The van der Waals surface area contributed by atoms with Crippen molar-refractivity contribution in [1.29, 1.82) is 5.26 Å². The first-order valence-corrected chi connectivity index (χ1v) is 10.6. The summed E-state index contributed by atoms with van der Waals surface area (Å²) in [4.78, 5) is 36.3. The molecule has 35 heavy (non-hydrogen) atoms. The van der Waals surface area contributed by atoms with Crippen LogP contribution in [0.1, 0.15) is 27.3 Å². The largest absolute Gasteiger partial charge is 0.497 e. The number of carbonyl (C=O) groups is 3. The third kappa shape index (κ3) is 6.15. The van der Waals surface area contributed by atoms with Crippen molar-refractivity contribution in [3.8, 4) is 17.5 Å². The van der Waals surface area contributed by atoms with Gasteiger partial charge in [0.2, 0.25) is 0 Å². The molecular formula is C26H24N4O5. The highest BCUT2D eigenvalue weighted by Gasteiger charge is 2.16. The van der Waals surface area contributed by atoms with Crippen LogP contribution in [-0.2, 0) is 14.3 Å². The number of hydrazine groups is 1. The number of aromatic nitrogens is 1. The second-order valence-corrected chi connectivity index (χ2v) is 7.47. The maximum absolute atomic E-state index is 12.4. The van der Waals surface area contributed by atoms with E-state index in [2.05, 4.69) is 10.9 Å². The van der Waals surface area contributed by atoms with Gasteiger partial charge >= 0.3 is 5.97 Å². The lowest BCUT2D eigenvalue weighted by molar-refractivity contribution is -0.144. The number of hydrogen-bond donors (Lipinski definition) is 2. The fourth-order valence-electron chi connectivity index (χ4n) is 3.39. The van der Waals surface area contributed by atoms with Gasteiger partial charge in [-0.3, -0.25) is 20.4 Å². The van der Waals surface area contributed by atoms with Crippen LogP contribution in [0.4, 0.5) is 0 Å². The Morgan fingerprint density at radius 3 is 2.34 bits per heavy atom. The van der Waals surface area contributed by atoms with E-state index in [0.717, 1.165) is 22.8 Å². The monoisotopic (exact) mass is 472 g/mol. The molecule has 0 unspecified atom stereocenters. The first-order chi connectivity index (χ1) is 16.8. The van der Waals surface area contributed by atoms with E-state index in [4.69, 9.17) is 9.47 Å². The Morgan fingerprint density at radius 1 is 1.03 bits per heavy atom. The van der Waals surface area contributed by atoms with E-state index in [-0.39, 0.29) is 5.57 Å². The summed E-state index contributed by atoms with van der Waals surface area (Å²) in [5.74, 6) is -1.49. The normalized spacial score (nSPS) is 10.7. The van der Waals surface area contributed by atoms with Gasteiger partial charge in [-0.15, -0.1) is 0 Å². The lowest BCUT2D eigenvalue weighted by Gasteiger charge is -2.10. The van der Waals surface area contributed by atoms with Gasteiger partial charge in [0.1, 0.15) is 17.4 Å². The van der Waals surface area contributed by atoms with E-state index in [0.29, 0.717) is 11.1 Å². The smallest absolute Gasteiger partial charge is 0.349 e. The predicted octanol–water partition coefficient (Wildman–Crippen LogP) is 3.01. The summed E-state index contributed by atoms with van der Waals surface area (Å²) in [5, 5.41) is 9.47. The molecule has 9 nitrogen and oxygen atoms in total. The molecule has 3 aromatic rings. The number of aryl methyl sites for hydroxylation is 1. The summed E-state index contributed by atoms with van der Waals surface area (Å²) in [6, 6.07) is 19.4. The van der Waals surface area contributed by atoms with Crippen molar-refractivity contribution in [3.63, 3.8) is 0 Å². The number of nitrogens with zero attached hydrogens (tertiary/aromatic N) is 2. The summed E-state index contributed by atoms with van der Waals surface area (Å²) in [5.41, 5.74) is 7.75. The number of esters is 1. The van der Waals surface area contributed by atoms with Crippen molar-refractivity contribution < 1.29 is 23.9 Å². The third-order valence-electron chi connectivity index (χ3n) is 5.13. The summed E-state index contributed by atoms with van der Waals surface area (Å²) in [6.45, 7) is 3.11. The lowest BCUT2D eigenvalue weighted by atomic mass is 10.1. The molecule has 0 fully saturated rings. The molecule has 2 N–H and O–H groups in total. The molecule has 0 radical (unpaired) electrons. The van der Waals surface area contributed by atoms with Gasteiger partial charge in [0, 0.05) is 22.6 Å². The Labute approximate surface area is 202 Å². The molecule has 2 amide bonds. The molecule has 1 aromatic heterocycles. The topological polar surface area (TPSA) is 122 Å². The van der Waals surface area contributed by atoms with Gasteiger partial charge in [0.15, 0.2) is 6.61 Å². The molecule has 178 valence electrons. The van der Waals surface area contributed by atoms with Gasteiger partial charge < -0.3 is 14.0 Å². The number of nitriles is 1. The van der Waals surface area contributed by atoms with Crippen LogP contribution in [-0.4, -0.2) is 36.1 Å². The van der Waals surface area contributed by atoms with Crippen LogP contribution in [0, 0.1) is 25.2 Å². The van der Waals surface area contributed by atoms with Gasteiger partial charge in [-0.2, -0.15) is 5.26 Å². The number of hydrogen-bond acceptors (Lipinski definition) is 6. The minimum atomic E-state index is -0.953. The second-order valence-electron chi connectivity index (χ2n) is 7.47. The molecule has 9 heteroatoms. The average molecular weight is 473 g/mol. The summed E-state index contributed by atoms with van der Waals surface area (Å²) >= 11 is 0. The van der Waals surface area contributed by atoms with Crippen molar-refractivity contribution in [2.75, 3.05) is 13.7 Å². The van der Waals surface area contributed by atoms with Gasteiger partial charge in [-0.25, -0.2) is 4.79 Å². The number of amides is 2. The molecule has 0 atom stereocenters. The number of nitrogens with one attached hydrogen (secondary N) is 2. The Morgan fingerprint density at radius 2 is 1.71 bits per heavy atom. The van der Waals surface area contributed by atoms with E-state index in [1.165, 1.54) is 6.08 Å². The van der Waals surface area contributed by atoms with Crippen molar-refractivity contribution in [2.24, 2.45) is 0 Å². The molecule has 3 rings (SSSR count). The third-order valence-corrected chi connectivity index (χ3v) is 5.13. The van der Waals surface area contributed by atoms with E-state index < -0.39 is 24.4 Å². The highest BCUT2D eigenvalue weighted by atomic mass is 16.5. The van der Waals surface area contributed by atoms with Crippen LogP contribution in [0.25, 0.3) is 11.8 Å². The van der Waals surface area contributed by atoms with Crippen LogP contribution in [0.5, 0.6) is 5.75 Å². The number of methoxy groups -OCH3 is 1. The number of rotatable bonds is 7. The van der Waals surface area contributed by atoms with Crippen molar-refractivity contribution in [1.82, 2.24) is 15.4 Å². The SMILES string of the molecule is COc1ccc(-n2c(C)cc(/C=C(\C#N)C(=O)OCC(=O)NNC(=O)c3ccccc3)c2C)cc1. The highest BCUT2D eigenvalue weighted by Crippen LogP contribution is 2.24. The Kier molecular flexibility index (Phi) is 8.03. The Hall–Kier alpha value is -4.84. The molecule has 2 aromatic carbocycles. The Bertz CT molecular complexity index is 1300. The first-order valence-electron chi connectivity index (χ1n) is 10.6. The van der Waals surface area contributed by atoms with Gasteiger partial charge in [-0.1, -0.05) is 18.2 Å². The minimum Gasteiger partial charge on any atom is -0.497 e. The minimum absolute atomic E-state index is 0.263. The molecule has 0 bridgehead atoms. The van der Waals surface area contributed by atoms with E-state index in [1.807, 2.05) is 54.8 Å². The van der Waals surface area contributed by atoms with Gasteiger partial charge in [0.25, 0.3) is 11.8 Å². The fraction of sp³-hybridized carbons (Fsp3) is 0.154. The number of carbonyl (C=O) groups excluding carboxylic acids is 3. The molecule has 0 aliphatic heterocycles. The summed E-state index contributed by atoms with van der Waals surface area (Å²) < 4.78 is 12.1. The van der Waals surface area contributed by atoms with Crippen molar-refractivity contribution in [2.45, 2.75) is 13.8 Å². The highest BCUT2D eigenvalue weighted by molar-refractivity contribution is 5.99. The molecular weight excluding hydrogens is 448 g/mol. The molecule has 0 aliphatic carbocycles. The van der Waals surface area contributed by atoms with Crippen molar-refractivity contribution in [3.05, 3.63) is 88.8 Å². The predicted molar refractivity (Wildman–Crippen MR) is 128 cm³/mol. The molecule has 0 saturated heterocycles. The van der Waals surface area contributed by atoms with Gasteiger partial charge in [0.05, 0.1) is 7.11 Å². The van der Waals surface area contributed by atoms with E-state index >= 15 is 0 Å². The molecule has 0 spiro atoms. The zero-order chi connectivity index (χ0) is 25.4. The standard InChI is InChI=1S/C26H24N4O5/c1-17-13-20(18(2)30(17)22-9-11-23(34-3)12-10-22)14-21(15-27)26(33)35-16-24(31)28-29-25(32)19-7-5-4-6-8-19/h4-14H,16H2,1-3H3,(H,28,31)(H,29,32)/b21-14+. The number of ether oxygens (including phenoxy) is 2. The summed E-state index contributed by atoms with van der Waals surface area (Å²) in [7, 11) is 1.59. The molecule has 1 heterocycles. The van der Waals surface area contributed by atoms with Crippen LogP contribution < -0.4 is 15.6 Å². The van der Waals surface area contributed by atoms with E-state index in [1.54, 1.807) is 37.4 Å². The average Bonchev–Trinajstić information content (AvgIpc) is 3.17. The molecule has 0 saturated carbocycles. The zero-order valence-electron chi connectivity index (χ0n) is 19.5. The maximum atomic E-state index is 12.4. The zero-order valence-corrected chi connectivity index (χ0v) is 19.5. The van der Waals surface area contributed by atoms with Gasteiger partial charge in [-0.05, 0) is 68.0 Å². The maximum Gasteiger partial charge on any atom is 0.349 e. The van der Waals surface area contributed by atoms with Crippen LogP contribution in [0.3, 0.4) is 0 Å². The number of benzene rings is 2. The summed E-state index contributed by atoms with van der Waals surface area (Å²) in [6.07, 6.45) is 1.42. The fourth-order valence-corrected chi connectivity index (χ4v) is 3.39. The van der Waals surface area contributed by atoms with Crippen LogP contribution >= 0.6 is 0 Å². The molecule has 0 aliphatic rings. The van der Waals surface area contributed by atoms with E-state index in [9.17, 15) is 19.6 Å². The quantitative estimate of drug-likeness (QED) is 0.236.